The van der Waals surface area contributed by atoms with E-state index in [1.807, 2.05) is 6.92 Å². The van der Waals surface area contributed by atoms with Crippen molar-refractivity contribution in [2.75, 3.05) is 101 Å². The van der Waals surface area contributed by atoms with Crippen LogP contribution in [0.2, 0.25) is 0 Å². The van der Waals surface area contributed by atoms with Crippen molar-refractivity contribution < 1.29 is 9.47 Å². The minimum atomic E-state index is 0.660. The van der Waals surface area contributed by atoms with E-state index in [0.29, 0.717) is 19.1 Å². The molecule has 2 aliphatic heterocycles. The van der Waals surface area contributed by atoms with Crippen LogP contribution >= 0.6 is 0 Å². The number of anilines is 3. The summed E-state index contributed by atoms with van der Waals surface area (Å²) in [5.41, 5.74) is 2.70. The van der Waals surface area contributed by atoms with Crippen molar-refractivity contribution in [3.63, 3.8) is 0 Å². The topological polar surface area (TPSA) is 78.0 Å². The molecule has 1 aromatic carbocycles. The predicted octanol–water partition coefficient (Wildman–Crippen LogP) is 6.06. The van der Waals surface area contributed by atoms with E-state index in [9.17, 15) is 0 Å². The highest BCUT2D eigenvalue weighted by Crippen LogP contribution is 2.28. The lowest BCUT2D eigenvalue weighted by atomic mass is 9.85. The highest BCUT2D eigenvalue weighted by Gasteiger charge is 2.21. The van der Waals surface area contributed by atoms with Gasteiger partial charge in [-0.25, -0.2) is 0 Å². The first kappa shape index (κ1) is 34.9. The Kier molecular flexibility index (Phi) is 15.2. The molecule has 0 amide bonds. The average Bonchev–Trinajstić information content (AvgIpc) is 3.11. The highest BCUT2D eigenvalue weighted by atomic mass is 16.5. The second kappa shape index (κ2) is 20.0. The summed E-state index contributed by atoms with van der Waals surface area (Å²) in [5, 5.41) is 6.96. The summed E-state index contributed by atoms with van der Waals surface area (Å²) in [7, 11) is 0. The average molecular weight is 636 g/mol. The maximum absolute atomic E-state index is 5.54. The minimum Gasteiger partial charge on any atom is -0.380 e. The third-order valence-electron chi connectivity index (χ3n) is 10.0. The van der Waals surface area contributed by atoms with Crippen molar-refractivity contribution >= 4 is 17.6 Å². The zero-order chi connectivity index (χ0) is 31.7. The Hall–Kier alpha value is -2.46. The van der Waals surface area contributed by atoms with Crippen molar-refractivity contribution in [1.82, 2.24) is 19.8 Å². The zero-order valence-corrected chi connectivity index (χ0v) is 28.7. The van der Waals surface area contributed by atoms with Gasteiger partial charge in [0.15, 0.2) is 0 Å². The number of ether oxygens (including phenoxy) is 2. The van der Waals surface area contributed by atoms with E-state index in [0.717, 1.165) is 96.3 Å². The predicted molar refractivity (Wildman–Crippen MR) is 190 cm³/mol. The van der Waals surface area contributed by atoms with Crippen LogP contribution in [-0.2, 0) is 22.4 Å². The van der Waals surface area contributed by atoms with Gasteiger partial charge in [-0.2, -0.15) is 9.97 Å². The van der Waals surface area contributed by atoms with Crippen molar-refractivity contribution in [2.24, 2.45) is 5.92 Å². The third-order valence-corrected chi connectivity index (χ3v) is 10.0. The van der Waals surface area contributed by atoms with E-state index in [2.05, 4.69) is 55.7 Å². The van der Waals surface area contributed by atoms with Gasteiger partial charge in [0.1, 0.15) is 11.6 Å². The zero-order valence-electron chi connectivity index (χ0n) is 28.7. The Morgan fingerprint density at radius 3 is 2.28 bits per heavy atom. The minimum absolute atomic E-state index is 0.660. The normalized spacial score (nSPS) is 18.6. The monoisotopic (exact) mass is 635 g/mol. The van der Waals surface area contributed by atoms with Crippen LogP contribution in [0, 0.1) is 5.92 Å². The molecule has 0 unspecified atom stereocenters. The number of rotatable bonds is 19. The van der Waals surface area contributed by atoms with Crippen molar-refractivity contribution in [3.05, 3.63) is 41.5 Å². The first-order chi connectivity index (χ1) is 22.7. The number of unbranched alkanes of at least 4 members (excludes halogenated alkanes) is 3. The molecule has 2 N–H and O–H groups in total. The quantitative estimate of drug-likeness (QED) is 0.179. The molecule has 0 spiro atoms. The molecule has 5 rings (SSSR count). The van der Waals surface area contributed by atoms with Crippen LogP contribution in [0.25, 0.3) is 0 Å². The molecule has 2 saturated heterocycles. The van der Waals surface area contributed by atoms with Gasteiger partial charge >= 0.3 is 0 Å². The van der Waals surface area contributed by atoms with E-state index < -0.39 is 0 Å². The van der Waals surface area contributed by atoms with Gasteiger partial charge in [0, 0.05) is 78.1 Å². The summed E-state index contributed by atoms with van der Waals surface area (Å²) in [6.07, 6.45) is 15.5. The SMILES string of the molecule is CCOCCNc1cc(N2CCN(CCN3CCOCC3)CC2)nc(NCc2ccc(CCCCCCC3CCCCC3)cc2)n1. The second-order valence-electron chi connectivity index (χ2n) is 13.5. The Bertz CT molecular complexity index is 1100. The molecule has 46 heavy (non-hydrogen) atoms. The molecule has 3 heterocycles. The molecule has 3 aliphatic rings. The number of morpholine rings is 1. The lowest BCUT2D eigenvalue weighted by Gasteiger charge is -2.37. The maximum atomic E-state index is 5.54. The van der Waals surface area contributed by atoms with Crippen LogP contribution in [0.15, 0.2) is 30.3 Å². The number of nitrogens with zero attached hydrogens (tertiary/aromatic N) is 5. The lowest BCUT2D eigenvalue weighted by Crippen LogP contribution is -2.49. The van der Waals surface area contributed by atoms with Gasteiger partial charge in [-0.05, 0) is 36.8 Å². The molecule has 1 saturated carbocycles. The molecule has 1 aromatic heterocycles. The van der Waals surface area contributed by atoms with Gasteiger partial charge in [0.2, 0.25) is 5.95 Å². The van der Waals surface area contributed by atoms with E-state index in [4.69, 9.17) is 19.4 Å². The summed E-state index contributed by atoms with van der Waals surface area (Å²) in [6, 6.07) is 11.2. The molecule has 1 aliphatic carbocycles. The lowest BCUT2D eigenvalue weighted by molar-refractivity contribution is 0.0331. The molecular formula is C37H61N7O2. The Balaban J connectivity index is 1.06. The molecule has 2 aromatic rings. The number of aryl methyl sites for hydroxylation is 1. The van der Waals surface area contributed by atoms with Crippen molar-refractivity contribution in [1.29, 1.82) is 0 Å². The fraction of sp³-hybridized carbons (Fsp3) is 0.730. The number of hydrogen-bond donors (Lipinski definition) is 2. The second-order valence-corrected chi connectivity index (χ2v) is 13.5. The maximum Gasteiger partial charge on any atom is 0.226 e. The number of hydrogen-bond acceptors (Lipinski definition) is 9. The van der Waals surface area contributed by atoms with Crippen LogP contribution in [0.1, 0.15) is 82.3 Å². The van der Waals surface area contributed by atoms with E-state index in [1.165, 1.54) is 81.8 Å². The standard InChI is InChI=1S/C37H61N7O2/c1-2-45-27-18-38-35-30-36(44-23-21-42(22-24-44)19-20-43-25-28-46-29-26-43)41-37(40-35)39-31-34-16-14-33(15-17-34)13-7-4-3-6-10-32-11-8-5-9-12-32/h14-17,30,32H,2-13,18-29,31H2,1H3,(H2,38,39,40,41). The molecule has 0 radical (unpaired) electrons. The summed E-state index contributed by atoms with van der Waals surface area (Å²) < 4.78 is 11.0. The van der Waals surface area contributed by atoms with Gasteiger partial charge in [-0.1, -0.05) is 82.1 Å². The molecular weight excluding hydrogens is 574 g/mol. The highest BCUT2D eigenvalue weighted by molar-refractivity contribution is 5.54. The summed E-state index contributed by atoms with van der Waals surface area (Å²) in [5.74, 6) is 3.52. The van der Waals surface area contributed by atoms with Gasteiger partial charge < -0.3 is 25.0 Å². The third kappa shape index (κ3) is 12.3. The summed E-state index contributed by atoms with van der Waals surface area (Å²) >= 11 is 0. The van der Waals surface area contributed by atoms with Gasteiger partial charge in [-0.3, -0.25) is 9.80 Å². The van der Waals surface area contributed by atoms with Crippen LogP contribution in [0.4, 0.5) is 17.6 Å². The molecule has 9 heteroatoms. The molecule has 9 nitrogen and oxygen atoms in total. The molecule has 3 fully saturated rings. The van der Waals surface area contributed by atoms with Gasteiger partial charge in [-0.15, -0.1) is 0 Å². The Labute approximate surface area is 278 Å². The number of aromatic nitrogens is 2. The fourth-order valence-corrected chi connectivity index (χ4v) is 7.07. The van der Waals surface area contributed by atoms with Crippen LogP contribution in [0.3, 0.4) is 0 Å². The van der Waals surface area contributed by atoms with Gasteiger partial charge in [0.05, 0.1) is 19.8 Å². The number of nitrogens with one attached hydrogen (secondary N) is 2. The number of benzene rings is 1. The van der Waals surface area contributed by atoms with Crippen molar-refractivity contribution in [3.8, 4) is 0 Å². The Morgan fingerprint density at radius 2 is 1.52 bits per heavy atom. The smallest absolute Gasteiger partial charge is 0.226 e. The van der Waals surface area contributed by atoms with Crippen molar-refractivity contribution in [2.45, 2.75) is 84.1 Å². The van der Waals surface area contributed by atoms with Crippen LogP contribution in [0.5, 0.6) is 0 Å². The van der Waals surface area contributed by atoms with E-state index in [-0.39, 0.29) is 0 Å². The molecule has 0 bridgehead atoms. The van der Waals surface area contributed by atoms with Gasteiger partial charge in [0.25, 0.3) is 0 Å². The van der Waals surface area contributed by atoms with Crippen LogP contribution in [-0.4, -0.2) is 105 Å². The van der Waals surface area contributed by atoms with Crippen LogP contribution < -0.4 is 15.5 Å². The molecule has 256 valence electrons. The van der Waals surface area contributed by atoms with E-state index >= 15 is 0 Å². The fourth-order valence-electron chi connectivity index (χ4n) is 7.07. The Morgan fingerprint density at radius 1 is 0.804 bits per heavy atom. The summed E-state index contributed by atoms with van der Waals surface area (Å²) in [4.78, 5) is 17.3. The number of piperazine rings is 1. The van der Waals surface area contributed by atoms with E-state index in [1.54, 1.807) is 0 Å². The largest absolute Gasteiger partial charge is 0.380 e. The first-order valence-corrected chi connectivity index (χ1v) is 18.5. The summed E-state index contributed by atoms with van der Waals surface area (Å²) in [6.45, 7) is 15.0. The first-order valence-electron chi connectivity index (χ1n) is 18.5. The molecule has 0 atom stereocenters.